The summed E-state index contributed by atoms with van der Waals surface area (Å²) in [6.45, 7) is 4.25. The van der Waals surface area contributed by atoms with Gasteiger partial charge in [0.05, 0.1) is 23.0 Å². The molecule has 0 amide bonds. The Hall–Kier alpha value is -1.32. The topological polar surface area (TPSA) is 38.0 Å². The van der Waals surface area contributed by atoms with Crippen molar-refractivity contribution in [1.29, 1.82) is 0 Å². The number of rotatable bonds is 6. The van der Waals surface area contributed by atoms with E-state index in [1.807, 2.05) is 36.9 Å². The number of aliphatic hydroxyl groups excluding tert-OH is 1. The smallest absolute Gasteiger partial charge is 0.0850 e. The minimum absolute atomic E-state index is 0.0937. The lowest BCUT2D eigenvalue weighted by Gasteiger charge is -2.31. The maximum Gasteiger partial charge on any atom is 0.0850 e. The Morgan fingerprint density at radius 2 is 1.90 bits per heavy atom. The van der Waals surface area contributed by atoms with Gasteiger partial charge in [-0.3, -0.25) is 4.68 Å². The van der Waals surface area contributed by atoms with Crippen LogP contribution in [0, 0.1) is 0 Å². The molecule has 1 heterocycles. The number of aryl methyl sites for hydroxylation is 2. The van der Waals surface area contributed by atoms with E-state index in [4.69, 9.17) is 11.6 Å². The molecule has 0 spiro atoms. The number of hydrogen-bond donors (Lipinski definition) is 1. The molecule has 1 unspecified atom stereocenters. The van der Waals surface area contributed by atoms with Gasteiger partial charge in [-0.2, -0.15) is 5.10 Å². The van der Waals surface area contributed by atoms with Crippen molar-refractivity contribution in [3.8, 4) is 0 Å². The van der Waals surface area contributed by atoms with Crippen LogP contribution in [-0.4, -0.2) is 21.5 Å². The second-order valence-electron chi connectivity index (χ2n) is 5.52. The van der Waals surface area contributed by atoms with Crippen molar-refractivity contribution in [2.75, 3.05) is 6.61 Å². The summed E-state index contributed by atoms with van der Waals surface area (Å²) in [5.41, 5.74) is 2.74. The predicted molar refractivity (Wildman–Crippen MR) is 86.8 cm³/mol. The van der Waals surface area contributed by atoms with Gasteiger partial charge in [-0.1, -0.05) is 55.8 Å². The van der Waals surface area contributed by atoms with Crippen molar-refractivity contribution in [3.05, 3.63) is 52.3 Å². The largest absolute Gasteiger partial charge is 0.395 e. The molecule has 0 aliphatic rings. The lowest BCUT2D eigenvalue weighted by atomic mass is 9.75. The van der Waals surface area contributed by atoms with E-state index in [9.17, 15) is 5.11 Å². The summed E-state index contributed by atoms with van der Waals surface area (Å²) in [5, 5.41) is 15.3. The van der Waals surface area contributed by atoms with E-state index in [2.05, 4.69) is 24.2 Å². The second kappa shape index (κ2) is 6.63. The number of hydrogen-bond acceptors (Lipinski definition) is 2. The zero-order valence-corrected chi connectivity index (χ0v) is 13.7. The Kier molecular flexibility index (Phi) is 5.07. The standard InChI is InChI=1S/C17H23ClN2O/c1-4-14-16(18)15(20(3)19-14)11-17(5-2,12-21)13-9-7-6-8-10-13/h6-10,21H,4-5,11-12H2,1-3H3. The fourth-order valence-electron chi connectivity index (χ4n) is 2.81. The van der Waals surface area contributed by atoms with Crippen LogP contribution in [0.15, 0.2) is 30.3 Å². The van der Waals surface area contributed by atoms with Gasteiger partial charge in [0.15, 0.2) is 0 Å². The first-order valence-electron chi connectivity index (χ1n) is 7.44. The summed E-state index contributed by atoms with van der Waals surface area (Å²) >= 11 is 6.47. The maximum absolute atomic E-state index is 10.1. The fraction of sp³-hybridized carbons (Fsp3) is 0.471. The van der Waals surface area contributed by atoms with Gasteiger partial charge in [0.1, 0.15) is 0 Å². The van der Waals surface area contributed by atoms with Crippen molar-refractivity contribution in [1.82, 2.24) is 9.78 Å². The molecule has 4 heteroatoms. The number of halogens is 1. The first kappa shape index (κ1) is 16.1. The Bertz CT molecular complexity index is 588. The summed E-state index contributed by atoms with van der Waals surface area (Å²) in [5.74, 6) is 0. The van der Waals surface area contributed by atoms with Crippen LogP contribution < -0.4 is 0 Å². The van der Waals surface area contributed by atoms with Gasteiger partial charge < -0.3 is 5.11 Å². The van der Waals surface area contributed by atoms with Gasteiger partial charge >= 0.3 is 0 Å². The fourth-order valence-corrected chi connectivity index (χ4v) is 3.17. The van der Waals surface area contributed by atoms with Crippen molar-refractivity contribution in [3.63, 3.8) is 0 Å². The van der Waals surface area contributed by atoms with E-state index in [1.165, 1.54) is 0 Å². The summed E-state index contributed by atoms with van der Waals surface area (Å²) < 4.78 is 1.85. The SMILES string of the molecule is CCc1nn(C)c(CC(CC)(CO)c2ccccc2)c1Cl. The van der Waals surface area contributed by atoms with E-state index in [1.54, 1.807) is 0 Å². The van der Waals surface area contributed by atoms with Crippen LogP contribution >= 0.6 is 11.6 Å². The number of benzene rings is 1. The van der Waals surface area contributed by atoms with E-state index in [0.717, 1.165) is 34.8 Å². The summed E-state index contributed by atoms with van der Waals surface area (Å²) in [7, 11) is 1.92. The van der Waals surface area contributed by atoms with Gasteiger partial charge in [-0.05, 0) is 18.4 Å². The Labute approximate surface area is 131 Å². The molecule has 0 aliphatic carbocycles. The highest BCUT2D eigenvalue weighted by molar-refractivity contribution is 6.31. The van der Waals surface area contributed by atoms with Crippen LogP contribution in [0.4, 0.5) is 0 Å². The van der Waals surface area contributed by atoms with Crippen molar-refractivity contribution in [2.45, 2.75) is 38.5 Å². The molecule has 1 atom stereocenters. The third kappa shape index (κ3) is 2.99. The molecule has 0 fully saturated rings. The monoisotopic (exact) mass is 306 g/mol. The van der Waals surface area contributed by atoms with Gasteiger partial charge in [0.25, 0.3) is 0 Å². The molecule has 1 N–H and O–H groups in total. The Balaban J connectivity index is 2.44. The number of aromatic nitrogens is 2. The highest BCUT2D eigenvalue weighted by atomic mass is 35.5. The second-order valence-corrected chi connectivity index (χ2v) is 5.90. The third-order valence-corrected chi connectivity index (χ3v) is 4.81. The van der Waals surface area contributed by atoms with E-state index in [-0.39, 0.29) is 12.0 Å². The van der Waals surface area contributed by atoms with Gasteiger partial charge in [-0.25, -0.2) is 0 Å². The molecular weight excluding hydrogens is 284 g/mol. The first-order chi connectivity index (χ1) is 10.1. The molecule has 0 aliphatic heterocycles. The predicted octanol–water partition coefficient (Wildman–Crippen LogP) is 3.52. The van der Waals surface area contributed by atoms with E-state index >= 15 is 0 Å². The Morgan fingerprint density at radius 1 is 1.24 bits per heavy atom. The minimum atomic E-state index is -0.316. The quantitative estimate of drug-likeness (QED) is 0.887. The van der Waals surface area contributed by atoms with Crippen LogP contribution in [0.3, 0.4) is 0 Å². The number of aliphatic hydroxyl groups is 1. The van der Waals surface area contributed by atoms with Gasteiger partial charge in [0, 0.05) is 18.9 Å². The van der Waals surface area contributed by atoms with Crippen molar-refractivity contribution < 1.29 is 5.11 Å². The molecule has 0 radical (unpaired) electrons. The van der Waals surface area contributed by atoms with E-state index < -0.39 is 0 Å². The van der Waals surface area contributed by atoms with Gasteiger partial charge in [-0.15, -0.1) is 0 Å². The van der Waals surface area contributed by atoms with Crippen LogP contribution in [0.5, 0.6) is 0 Å². The zero-order valence-electron chi connectivity index (χ0n) is 12.9. The minimum Gasteiger partial charge on any atom is -0.395 e. The zero-order chi connectivity index (χ0) is 15.5. The average molecular weight is 307 g/mol. The lowest BCUT2D eigenvalue weighted by Crippen LogP contribution is -2.33. The van der Waals surface area contributed by atoms with Crippen LogP contribution in [0.1, 0.15) is 37.2 Å². The molecular formula is C17H23ClN2O. The highest BCUT2D eigenvalue weighted by Crippen LogP contribution is 2.34. The number of nitrogens with zero attached hydrogens (tertiary/aromatic N) is 2. The van der Waals surface area contributed by atoms with Gasteiger partial charge in [0.2, 0.25) is 0 Å². The summed E-state index contributed by atoms with van der Waals surface area (Å²) in [4.78, 5) is 0. The van der Waals surface area contributed by atoms with Crippen LogP contribution in [-0.2, 0) is 25.3 Å². The molecule has 0 bridgehead atoms. The molecule has 0 saturated heterocycles. The molecule has 114 valence electrons. The molecule has 2 aromatic rings. The lowest BCUT2D eigenvalue weighted by molar-refractivity contribution is 0.184. The molecule has 1 aromatic heterocycles. The maximum atomic E-state index is 10.1. The van der Waals surface area contributed by atoms with Crippen LogP contribution in [0.2, 0.25) is 5.02 Å². The average Bonchev–Trinajstić information content (AvgIpc) is 2.80. The summed E-state index contributed by atoms with van der Waals surface area (Å²) in [6, 6.07) is 10.2. The molecule has 21 heavy (non-hydrogen) atoms. The Morgan fingerprint density at radius 3 is 2.38 bits per heavy atom. The summed E-state index contributed by atoms with van der Waals surface area (Å²) in [6.07, 6.45) is 2.35. The molecule has 3 nitrogen and oxygen atoms in total. The third-order valence-electron chi connectivity index (χ3n) is 4.37. The van der Waals surface area contributed by atoms with Crippen molar-refractivity contribution in [2.24, 2.45) is 7.05 Å². The van der Waals surface area contributed by atoms with E-state index in [0.29, 0.717) is 6.42 Å². The van der Waals surface area contributed by atoms with Crippen LogP contribution in [0.25, 0.3) is 0 Å². The van der Waals surface area contributed by atoms with Crippen molar-refractivity contribution >= 4 is 11.6 Å². The first-order valence-corrected chi connectivity index (χ1v) is 7.82. The normalized spacial score (nSPS) is 14.1. The molecule has 2 rings (SSSR count). The molecule has 0 saturated carbocycles. The molecule has 1 aromatic carbocycles. The highest BCUT2D eigenvalue weighted by Gasteiger charge is 2.32.